The van der Waals surface area contributed by atoms with E-state index in [0.29, 0.717) is 16.1 Å². The number of ketones is 1. The van der Waals surface area contributed by atoms with E-state index in [2.05, 4.69) is 12.1 Å². The summed E-state index contributed by atoms with van der Waals surface area (Å²) in [5, 5.41) is 0.556. The van der Waals surface area contributed by atoms with Crippen molar-refractivity contribution in [2.24, 2.45) is 0 Å². The highest BCUT2D eigenvalue weighted by Gasteiger charge is 2.16. The van der Waals surface area contributed by atoms with Gasteiger partial charge in [-0.15, -0.1) is 11.3 Å². The summed E-state index contributed by atoms with van der Waals surface area (Å²) in [4.78, 5) is 13.9. The molecule has 2 N–H and O–H groups in total. The molecule has 4 rings (SSSR count). The molecule has 0 saturated heterocycles. The van der Waals surface area contributed by atoms with Crippen LogP contribution in [0.4, 0.5) is 5.00 Å². The Morgan fingerprint density at radius 1 is 0.692 bits per heavy atom. The molecule has 0 saturated carbocycles. The number of benzene rings is 3. The Kier molecular flexibility index (Phi) is 4.38. The van der Waals surface area contributed by atoms with Crippen LogP contribution >= 0.6 is 11.3 Å². The highest BCUT2D eigenvalue weighted by molar-refractivity contribution is 7.19. The Morgan fingerprint density at radius 3 is 1.85 bits per heavy atom. The first-order valence-corrected chi connectivity index (χ1v) is 9.19. The molecule has 126 valence electrons. The van der Waals surface area contributed by atoms with E-state index in [0.717, 1.165) is 21.6 Å². The van der Waals surface area contributed by atoms with Gasteiger partial charge in [0.1, 0.15) is 0 Å². The van der Waals surface area contributed by atoms with Gasteiger partial charge in [-0.2, -0.15) is 0 Å². The van der Waals surface area contributed by atoms with Crippen LogP contribution in [0, 0.1) is 0 Å². The summed E-state index contributed by atoms with van der Waals surface area (Å²) < 4.78 is 0. The smallest absolute Gasteiger partial charge is 0.195 e. The van der Waals surface area contributed by atoms with E-state index < -0.39 is 0 Å². The minimum Gasteiger partial charge on any atom is -0.390 e. The molecule has 1 heterocycles. The first-order valence-electron chi connectivity index (χ1n) is 8.37. The van der Waals surface area contributed by atoms with Crippen molar-refractivity contribution < 1.29 is 4.79 Å². The van der Waals surface area contributed by atoms with Crippen molar-refractivity contribution >= 4 is 22.1 Å². The fraction of sp³-hybridized carbons (Fsp3) is 0. The Bertz CT molecular complexity index is 1030. The maximum absolute atomic E-state index is 12.9. The monoisotopic (exact) mass is 355 g/mol. The van der Waals surface area contributed by atoms with Crippen molar-refractivity contribution in [2.75, 3.05) is 5.73 Å². The van der Waals surface area contributed by atoms with E-state index in [1.54, 1.807) is 0 Å². The number of carbonyl (C=O) groups is 1. The third kappa shape index (κ3) is 3.17. The number of rotatable bonds is 4. The molecule has 4 aromatic rings. The third-order valence-electron chi connectivity index (χ3n) is 4.32. The second-order valence-corrected chi connectivity index (χ2v) is 7.11. The molecule has 0 amide bonds. The van der Waals surface area contributed by atoms with Crippen LogP contribution in [0.2, 0.25) is 0 Å². The van der Waals surface area contributed by atoms with E-state index in [4.69, 9.17) is 5.73 Å². The molecular weight excluding hydrogens is 338 g/mol. The Balaban J connectivity index is 1.63. The zero-order valence-corrected chi connectivity index (χ0v) is 14.9. The summed E-state index contributed by atoms with van der Waals surface area (Å²) in [7, 11) is 0. The van der Waals surface area contributed by atoms with Crippen LogP contribution in [-0.4, -0.2) is 5.78 Å². The van der Waals surface area contributed by atoms with Gasteiger partial charge in [-0.25, -0.2) is 0 Å². The lowest BCUT2D eigenvalue weighted by Gasteiger charge is -2.04. The molecule has 26 heavy (non-hydrogen) atoms. The molecule has 1 aromatic heterocycles. The molecule has 0 atom stereocenters. The first-order chi connectivity index (χ1) is 12.7. The SMILES string of the molecule is Nc1sc(-c2ccccc2)cc1C(=O)c1ccc(-c2ccccc2)cc1. The third-order valence-corrected chi connectivity index (χ3v) is 5.33. The van der Waals surface area contributed by atoms with Crippen molar-refractivity contribution in [3.8, 4) is 21.6 Å². The molecule has 0 aliphatic rings. The first kappa shape index (κ1) is 16.3. The lowest BCUT2D eigenvalue weighted by atomic mass is 10.00. The molecule has 0 bridgehead atoms. The maximum Gasteiger partial charge on any atom is 0.195 e. The van der Waals surface area contributed by atoms with Crippen LogP contribution in [0.25, 0.3) is 21.6 Å². The lowest BCUT2D eigenvalue weighted by molar-refractivity contribution is 0.104. The lowest BCUT2D eigenvalue weighted by Crippen LogP contribution is -2.02. The molecule has 3 heteroatoms. The number of nitrogen functional groups attached to an aromatic ring is 1. The van der Waals surface area contributed by atoms with Gasteiger partial charge < -0.3 is 5.73 Å². The number of carbonyl (C=O) groups excluding carboxylic acids is 1. The van der Waals surface area contributed by atoms with Gasteiger partial charge in [-0.05, 0) is 22.8 Å². The van der Waals surface area contributed by atoms with Crippen LogP contribution in [0.1, 0.15) is 15.9 Å². The molecule has 0 aliphatic heterocycles. The summed E-state index contributed by atoms with van der Waals surface area (Å²) in [5.41, 5.74) is 10.6. The highest BCUT2D eigenvalue weighted by atomic mass is 32.1. The van der Waals surface area contributed by atoms with Crippen molar-refractivity contribution in [1.82, 2.24) is 0 Å². The minimum atomic E-state index is -0.0412. The standard InChI is InChI=1S/C23H17NOS/c24-23-20(15-21(26-23)18-9-5-2-6-10-18)22(25)19-13-11-17(12-14-19)16-7-3-1-4-8-16/h1-15H,24H2. The molecule has 0 spiro atoms. The Hall–Kier alpha value is -3.17. The van der Waals surface area contributed by atoms with E-state index >= 15 is 0 Å². The average Bonchev–Trinajstić information content (AvgIpc) is 3.10. The van der Waals surface area contributed by atoms with Gasteiger partial charge in [0.15, 0.2) is 5.78 Å². The predicted molar refractivity (Wildman–Crippen MR) is 109 cm³/mol. The van der Waals surface area contributed by atoms with E-state index in [1.807, 2.05) is 78.9 Å². The number of hydrogen-bond acceptors (Lipinski definition) is 3. The highest BCUT2D eigenvalue weighted by Crippen LogP contribution is 2.34. The van der Waals surface area contributed by atoms with Crippen LogP contribution in [0.3, 0.4) is 0 Å². The number of anilines is 1. The van der Waals surface area contributed by atoms with Gasteiger partial charge in [0.25, 0.3) is 0 Å². The molecule has 0 radical (unpaired) electrons. The number of hydrogen-bond donors (Lipinski definition) is 1. The van der Waals surface area contributed by atoms with Crippen molar-refractivity contribution in [3.05, 3.63) is 102 Å². The van der Waals surface area contributed by atoms with Crippen LogP contribution < -0.4 is 5.73 Å². The van der Waals surface area contributed by atoms with Crippen LogP contribution in [0.5, 0.6) is 0 Å². The van der Waals surface area contributed by atoms with Gasteiger partial charge in [-0.3, -0.25) is 4.79 Å². The summed E-state index contributed by atoms with van der Waals surface area (Å²) in [5.74, 6) is -0.0412. The zero-order valence-electron chi connectivity index (χ0n) is 14.1. The molecule has 0 aliphatic carbocycles. The molecular formula is C23H17NOS. The molecule has 2 nitrogen and oxygen atoms in total. The largest absolute Gasteiger partial charge is 0.390 e. The van der Waals surface area contributed by atoms with Gasteiger partial charge in [0.2, 0.25) is 0 Å². The number of thiophene rings is 1. The fourth-order valence-corrected chi connectivity index (χ4v) is 3.86. The second-order valence-electron chi connectivity index (χ2n) is 6.03. The van der Waals surface area contributed by atoms with Crippen molar-refractivity contribution in [3.63, 3.8) is 0 Å². The predicted octanol–water partition coefficient (Wildman–Crippen LogP) is 5.90. The minimum absolute atomic E-state index is 0.0412. The van der Waals surface area contributed by atoms with Gasteiger partial charge in [0.05, 0.1) is 10.6 Å². The van der Waals surface area contributed by atoms with Crippen molar-refractivity contribution in [2.45, 2.75) is 0 Å². The van der Waals surface area contributed by atoms with E-state index in [1.165, 1.54) is 11.3 Å². The fourth-order valence-electron chi connectivity index (χ4n) is 2.93. The Morgan fingerprint density at radius 2 is 1.23 bits per heavy atom. The quantitative estimate of drug-likeness (QED) is 0.463. The van der Waals surface area contributed by atoms with Crippen molar-refractivity contribution in [1.29, 1.82) is 0 Å². The topological polar surface area (TPSA) is 43.1 Å². The summed E-state index contributed by atoms with van der Waals surface area (Å²) in [6.07, 6.45) is 0. The molecule has 0 fully saturated rings. The van der Waals surface area contributed by atoms with Gasteiger partial charge in [-0.1, -0.05) is 84.9 Å². The van der Waals surface area contributed by atoms with Crippen LogP contribution in [-0.2, 0) is 0 Å². The average molecular weight is 355 g/mol. The maximum atomic E-state index is 12.9. The normalized spacial score (nSPS) is 10.6. The molecule has 3 aromatic carbocycles. The summed E-state index contributed by atoms with van der Waals surface area (Å²) in [6, 6.07) is 29.7. The van der Waals surface area contributed by atoms with Crippen LogP contribution in [0.15, 0.2) is 91.0 Å². The zero-order chi connectivity index (χ0) is 17.9. The van der Waals surface area contributed by atoms with E-state index in [-0.39, 0.29) is 5.78 Å². The summed E-state index contributed by atoms with van der Waals surface area (Å²) >= 11 is 1.45. The van der Waals surface area contributed by atoms with E-state index in [9.17, 15) is 4.79 Å². The van der Waals surface area contributed by atoms with Gasteiger partial charge >= 0.3 is 0 Å². The Labute approximate surface area is 156 Å². The summed E-state index contributed by atoms with van der Waals surface area (Å²) in [6.45, 7) is 0. The second kappa shape index (κ2) is 6.98. The molecule has 0 unspecified atom stereocenters. The number of nitrogens with two attached hydrogens (primary N) is 1. The van der Waals surface area contributed by atoms with Gasteiger partial charge in [0, 0.05) is 10.4 Å².